The summed E-state index contributed by atoms with van der Waals surface area (Å²) in [6, 6.07) is 14.6. The van der Waals surface area contributed by atoms with Crippen molar-refractivity contribution in [1.29, 1.82) is 0 Å². The molecule has 0 N–H and O–H groups in total. The lowest BCUT2D eigenvalue weighted by molar-refractivity contribution is 1.50. The van der Waals surface area contributed by atoms with Crippen LogP contribution in [-0.2, 0) is 0 Å². The second-order valence-electron chi connectivity index (χ2n) is 2.34. The zero-order valence-electron chi connectivity index (χ0n) is 8.03. The highest BCUT2D eigenvalue weighted by atomic mass is 32.1. The van der Waals surface area contributed by atoms with Crippen LogP contribution < -0.4 is 0 Å². The Morgan fingerprint density at radius 3 is 2.00 bits per heavy atom. The van der Waals surface area contributed by atoms with Crippen LogP contribution in [0.1, 0.15) is 21.3 Å². The predicted octanol–water partition coefficient (Wildman–Crippen LogP) is 5.08. The molecule has 0 fully saturated rings. The quantitative estimate of drug-likeness (QED) is 0.610. The third-order valence-corrected chi connectivity index (χ3v) is 2.50. The lowest BCUT2D eigenvalue weighted by Crippen LogP contribution is -1.67. The summed E-state index contributed by atoms with van der Waals surface area (Å²) in [5.74, 6) is 0. The van der Waals surface area contributed by atoms with Crippen LogP contribution >= 0.6 is 11.3 Å². The molecule has 0 atom stereocenters. The molecule has 0 aliphatic carbocycles. The molecular weight excluding hydrogens is 188 g/mol. The van der Waals surface area contributed by atoms with Gasteiger partial charge in [-0.1, -0.05) is 57.7 Å². The third kappa shape index (κ3) is 3.35. The van der Waals surface area contributed by atoms with Crippen LogP contribution in [0.4, 0.5) is 0 Å². The molecule has 0 unspecified atom stereocenters. The van der Waals surface area contributed by atoms with Gasteiger partial charge in [0.1, 0.15) is 0 Å². The molecule has 0 nitrogen and oxygen atoms in total. The Balaban J connectivity index is 0.000000531. The minimum Gasteiger partial charge on any atom is -0.144 e. The number of thiophene rings is 1. The molecule has 1 heterocycles. The molecule has 0 aliphatic heterocycles. The van der Waals surface area contributed by atoms with Crippen molar-refractivity contribution in [1.82, 2.24) is 0 Å². The summed E-state index contributed by atoms with van der Waals surface area (Å²) < 4.78 is 0. The van der Waals surface area contributed by atoms with Crippen molar-refractivity contribution < 1.29 is 0 Å². The molecule has 0 bridgehead atoms. The smallest absolute Gasteiger partial charge is 0.0342 e. The number of benzene rings is 1. The van der Waals surface area contributed by atoms with Gasteiger partial charge in [0.25, 0.3) is 0 Å². The highest BCUT2D eigenvalue weighted by Crippen LogP contribution is 2.23. The normalized spacial score (nSPS) is 8.14. The summed E-state index contributed by atoms with van der Waals surface area (Å²) in [6.45, 7) is 4.00. The van der Waals surface area contributed by atoms with E-state index in [0.717, 1.165) is 0 Å². The Hall–Kier alpha value is -1.08. The predicted molar refractivity (Wildman–Crippen MR) is 67.8 cm³/mol. The van der Waals surface area contributed by atoms with Crippen molar-refractivity contribution in [2.75, 3.05) is 0 Å². The van der Waals surface area contributed by atoms with Gasteiger partial charge in [-0.15, -0.1) is 11.3 Å². The molecule has 0 spiro atoms. The van der Waals surface area contributed by atoms with E-state index in [1.165, 1.54) is 10.4 Å². The van der Waals surface area contributed by atoms with Gasteiger partial charge in [0.05, 0.1) is 0 Å². The molecular formula is C13H18S. The molecule has 1 aromatic carbocycles. The Morgan fingerprint density at radius 2 is 1.50 bits per heavy atom. The second kappa shape index (κ2) is 7.34. The highest BCUT2D eigenvalue weighted by Gasteiger charge is 1.93. The Kier molecular flexibility index (Phi) is 6.77. The van der Waals surface area contributed by atoms with Crippen molar-refractivity contribution >= 4 is 11.3 Å². The number of hydrogen-bond donors (Lipinski definition) is 0. The Bertz CT molecular complexity index is 308. The Morgan fingerprint density at radius 1 is 0.857 bits per heavy atom. The molecule has 0 amide bonds. The maximum atomic E-state index is 2.14. The van der Waals surface area contributed by atoms with Gasteiger partial charge in [0.15, 0.2) is 0 Å². The van der Waals surface area contributed by atoms with Crippen LogP contribution in [0.5, 0.6) is 0 Å². The van der Waals surface area contributed by atoms with Crippen LogP contribution in [0.15, 0.2) is 47.8 Å². The standard InChI is InChI=1S/C10H8S.C2H6.CH4/c1-2-5-9(6-3-1)10-7-4-8-11-10;1-2;/h1-8H;1-2H3;1H4. The van der Waals surface area contributed by atoms with Crippen LogP contribution in [0.2, 0.25) is 0 Å². The van der Waals surface area contributed by atoms with E-state index in [4.69, 9.17) is 0 Å². The fourth-order valence-electron chi connectivity index (χ4n) is 1.05. The molecule has 1 heteroatoms. The SMILES string of the molecule is C.CC.c1ccc(-c2cccs2)cc1. The van der Waals surface area contributed by atoms with Crippen molar-refractivity contribution in [2.45, 2.75) is 21.3 Å². The summed E-state index contributed by atoms with van der Waals surface area (Å²) >= 11 is 1.78. The van der Waals surface area contributed by atoms with E-state index >= 15 is 0 Å². The van der Waals surface area contributed by atoms with E-state index in [9.17, 15) is 0 Å². The monoisotopic (exact) mass is 206 g/mol. The number of rotatable bonds is 1. The van der Waals surface area contributed by atoms with Crippen LogP contribution in [0.25, 0.3) is 10.4 Å². The third-order valence-electron chi connectivity index (χ3n) is 1.58. The van der Waals surface area contributed by atoms with Gasteiger partial charge in [-0.3, -0.25) is 0 Å². The van der Waals surface area contributed by atoms with E-state index in [-0.39, 0.29) is 7.43 Å². The maximum absolute atomic E-state index is 2.14. The van der Waals surface area contributed by atoms with Crippen molar-refractivity contribution in [2.24, 2.45) is 0 Å². The molecule has 1 aromatic heterocycles. The zero-order chi connectivity index (χ0) is 9.52. The van der Waals surface area contributed by atoms with Crippen molar-refractivity contribution in [3.05, 3.63) is 47.8 Å². The fraction of sp³-hybridized carbons (Fsp3) is 0.231. The Labute approximate surface area is 91.2 Å². The minimum atomic E-state index is 0. The lowest BCUT2D eigenvalue weighted by atomic mass is 10.2. The van der Waals surface area contributed by atoms with Gasteiger partial charge in [-0.05, 0) is 17.0 Å². The van der Waals surface area contributed by atoms with E-state index in [1.54, 1.807) is 11.3 Å². The topological polar surface area (TPSA) is 0 Å². The average Bonchev–Trinajstić information content (AvgIpc) is 2.75. The summed E-state index contributed by atoms with van der Waals surface area (Å²) in [4.78, 5) is 1.34. The van der Waals surface area contributed by atoms with Gasteiger partial charge in [0, 0.05) is 4.88 Å². The summed E-state index contributed by atoms with van der Waals surface area (Å²) in [5, 5.41) is 2.10. The van der Waals surface area contributed by atoms with Gasteiger partial charge >= 0.3 is 0 Å². The van der Waals surface area contributed by atoms with Gasteiger partial charge in [0.2, 0.25) is 0 Å². The molecule has 14 heavy (non-hydrogen) atoms. The highest BCUT2D eigenvalue weighted by molar-refractivity contribution is 7.13. The molecule has 0 aliphatic rings. The molecule has 2 rings (SSSR count). The van der Waals surface area contributed by atoms with Gasteiger partial charge < -0.3 is 0 Å². The first-order chi connectivity index (χ1) is 6.47. The van der Waals surface area contributed by atoms with Crippen LogP contribution in [0.3, 0.4) is 0 Å². The first kappa shape index (κ1) is 12.9. The van der Waals surface area contributed by atoms with E-state index < -0.39 is 0 Å². The number of hydrogen-bond acceptors (Lipinski definition) is 1. The molecule has 0 saturated carbocycles. The fourth-order valence-corrected chi connectivity index (χ4v) is 1.78. The molecule has 76 valence electrons. The first-order valence-electron chi connectivity index (χ1n) is 4.56. The summed E-state index contributed by atoms with van der Waals surface area (Å²) in [6.07, 6.45) is 0. The van der Waals surface area contributed by atoms with Gasteiger partial charge in [-0.25, -0.2) is 0 Å². The lowest BCUT2D eigenvalue weighted by Gasteiger charge is -1.93. The van der Waals surface area contributed by atoms with Crippen LogP contribution in [0, 0.1) is 0 Å². The molecule has 2 aromatic rings. The van der Waals surface area contributed by atoms with Crippen molar-refractivity contribution in [3.8, 4) is 10.4 Å². The summed E-state index contributed by atoms with van der Waals surface area (Å²) in [5.41, 5.74) is 1.31. The molecule has 0 radical (unpaired) electrons. The minimum absolute atomic E-state index is 0. The largest absolute Gasteiger partial charge is 0.144 e. The van der Waals surface area contributed by atoms with E-state index in [2.05, 4.69) is 41.8 Å². The van der Waals surface area contributed by atoms with Crippen LogP contribution in [-0.4, -0.2) is 0 Å². The maximum Gasteiger partial charge on any atom is 0.0342 e. The van der Waals surface area contributed by atoms with Gasteiger partial charge in [-0.2, -0.15) is 0 Å². The van der Waals surface area contributed by atoms with Crippen molar-refractivity contribution in [3.63, 3.8) is 0 Å². The molecule has 0 saturated heterocycles. The second-order valence-corrected chi connectivity index (χ2v) is 3.29. The zero-order valence-corrected chi connectivity index (χ0v) is 8.84. The van der Waals surface area contributed by atoms with E-state index in [0.29, 0.717) is 0 Å². The average molecular weight is 206 g/mol. The summed E-state index contributed by atoms with van der Waals surface area (Å²) in [7, 11) is 0. The van der Waals surface area contributed by atoms with E-state index in [1.807, 2.05) is 19.9 Å². The first-order valence-corrected chi connectivity index (χ1v) is 5.44.